The van der Waals surface area contributed by atoms with Gasteiger partial charge in [-0.3, -0.25) is 4.79 Å². The molecule has 0 atom stereocenters. The van der Waals surface area contributed by atoms with Gasteiger partial charge in [0.15, 0.2) is 5.75 Å². The number of methoxy groups -OCH3 is 1. The molecule has 1 heterocycles. The predicted molar refractivity (Wildman–Crippen MR) is 122 cm³/mol. The molecule has 3 aromatic rings. The Morgan fingerprint density at radius 1 is 1.17 bits per heavy atom. The van der Waals surface area contributed by atoms with Crippen LogP contribution in [0, 0.1) is 13.8 Å². The van der Waals surface area contributed by atoms with E-state index in [9.17, 15) is 4.79 Å². The first-order valence-electron chi connectivity index (χ1n) is 9.50. The van der Waals surface area contributed by atoms with Gasteiger partial charge in [0.25, 0.3) is 0 Å². The van der Waals surface area contributed by atoms with Crippen molar-refractivity contribution in [3.63, 3.8) is 0 Å². The summed E-state index contributed by atoms with van der Waals surface area (Å²) in [5.74, 6) is 0.720. The number of aromatic nitrogens is 1. The standard InChI is InChI=1S/C23H24ClNO3S/c1-6-7-17-20-19(12-18(24)22(17)27-5)25(14(3)21(20)28-15(4)26)23(29)16-10-8-13(2)9-11-16/h8-12H,6-7H2,1-5H3. The zero-order valence-corrected chi connectivity index (χ0v) is 18.8. The van der Waals surface area contributed by atoms with Crippen LogP contribution in [0.2, 0.25) is 5.02 Å². The van der Waals surface area contributed by atoms with Crippen LogP contribution in [0.25, 0.3) is 10.9 Å². The van der Waals surface area contributed by atoms with Crippen LogP contribution in [0.15, 0.2) is 30.3 Å². The first-order valence-corrected chi connectivity index (χ1v) is 10.3. The molecular formula is C23H24ClNO3S. The minimum atomic E-state index is -0.384. The molecule has 3 rings (SSSR count). The van der Waals surface area contributed by atoms with Crippen LogP contribution in [0.1, 0.15) is 42.7 Å². The first kappa shape index (κ1) is 21.3. The van der Waals surface area contributed by atoms with Crippen LogP contribution >= 0.6 is 23.8 Å². The van der Waals surface area contributed by atoms with Crippen molar-refractivity contribution in [2.75, 3.05) is 7.11 Å². The van der Waals surface area contributed by atoms with E-state index in [0.29, 0.717) is 21.5 Å². The Morgan fingerprint density at radius 2 is 1.83 bits per heavy atom. The molecule has 0 aliphatic heterocycles. The number of nitrogens with zero attached hydrogens (tertiary/aromatic N) is 1. The predicted octanol–water partition coefficient (Wildman–Crippen LogP) is 6.02. The highest BCUT2D eigenvalue weighted by Gasteiger charge is 2.26. The summed E-state index contributed by atoms with van der Waals surface area (Å²) in [6.45, 7) is 7.41. The third kappa shape index (κ3) is 3.89. The minimum absolute atomic E-state index is 0.384. The Bertz CT molecular complexity index is 1100. The number of esters is 1. The lowest BCUT2D eigenvalue weighted by Crippen LogP contribution is -2.12. The average molecular weight is 430 g/mol. The van der Waals surface area contributed by atoms with Crippen molar-refractivity contribution in [3.8, 4) is 11.5 Å². The number of hydrogen-bond acceptors (Lipinski definition) is 4. The van der Waals surface area contributed by atoms with Gasteiger partial charge in [-0.25, -0.2) is 0 Å². The zero-order chi connectivity index (χ0) is 21.3. The summed E-state index contributed by atoms with van der Waals surface area (Å²) in [5, 5.41) is 1.32. The molecule has 0 fully saturated rings. The van der Waals surface area contributed by atoms with E-state index in [1.807, 2.05) is 48.7 Å². The Morgan fingerprint density at radius 3 is 2.38 bits per heavy atom. The molecule has 0 radical (unpaired) electrons. The lowest BCUT2D eigenvalue weighted by Gasteiger charge is -2.14. The van der Waals surface area contributed by atoms with Crippen LogP contribution in [0.4, 0.5) is 0 Å². The van der Waals surface area contributed by atoms with Crippen LogP contribution in [0.5, 0.6) is 11.5 Å². The van der Waals surface area contributed by atoms with Gasteiger partial charge in [0, 0.05) is 18.1 Å². The summed E-state index contributed by atoms with van der Waals surface area (Å²) in [6.07, 6.45) is 1.62. The van der Waals surface area contributed by atoms with Gasteiger partial charge in [-0.15, -0.1) is 0 Å². The number of thiocarbonyl (C=S) groups is 1. The quantitative estimate of drug-likeness (QED) is 0.367. The minimum Gasteiger partial charge on any atom is -0.495 e. The Balaban J connectivity index is 2.38. The zero-order valence-electron chi connectivity index (χ0n) is 17.3. The molecule has 0 saturated heterocycles. The lowest BCUT2D eigenvalue weighted by atomic mass is 10.0. The molecule has 0 saturated carbocycles. The van der Waals surface area contributed by atoms with E-state index in [-0.39, 0.29) is 5.97 Å². The van der Waals surface area contributed by atoms with Crippen LogP contribution < -0.4 is 9.47 Å². The molecule has 1 aromatic heterocycles. The van der Waals surface area contributed by atoms with Crippen molar-refractivity contribution < 1.29 is 14.3 Å². The maximum Gasteiger partial charge on any atom is 0.308 e. The fraction of sp³-hybridized carbons (Fsp3) is 0.304. The number of carbonyl (C=O) groups excluding carboxylic acids is 1. The van der Waals surface area contributed by atoms with E-state index in [4.69, 9.17) is 33.3 Å². The Hall–Kier alpha value is -2.37. The smallest absolute Gasteiger partial charge is 0.308 e. The number of ether oxygens (including phenoxy) is 2. The number of carbonyl (C=O) groups is 1. The second kappa shape index (κ2) is 8.56. The summed E-state index contributed by atoms with van der Waals surface area (Å²) >= 11 is 12.4. The molecule has 2 aromatic carbocycles. The lowest BCUT2D eigenvalue weighted by molar-refractivity contribution is -0.131. The molecule has 0 aliphatic rings. The third-order valence-electron chi connectivity index (χ3n) is 4.90. The largest absolute Gasteiger partial charge is 0.495 e. The number of benzene rings is 2. The van der Waals surface area contributed by atoms with E-state index in [0.717, 1.165) is 46.1 Å². The normalized spacial score (nSPS) is 11.0. The van der Waals surface area contributed by atoms with Crippen molar-refractivity contribution in [3.05, 3.63) is 57.7 Å². The summed E-state index contributed by atoms with van der Waals surface area (Å²) in [7, 11) is 1.60. The van der Waals surface area contributed by atoms with Crippen molar-refractivity contribution in [1.82, 2.24) is 4.57 Å². The van der Waals surface area contributed by atoms with Gasteiger partial charge in [-0.2, -0.15) is 0 Å². The molecule has 0 aliphatic carbocycles. The summed E-state index contributed by atoms with van der Waals surface area (Å²) < 4.78 is 13.2. The SMILES string of the molecule is CCCc1c(OC)c(Cl)cc2c1c(OC(C)=O)c(C)n2C(=S)c1ccc(C)cc1. The molecule has 0 bridgehead atoms. The third-order valence-corrected chi connectivity index (χ3v) is 5.59. The fourth-order valence-corrected chi connectivity index (χ4v) is 4.29. The van der Waals surface area contributed by atoms with Crippen LogP contribution in [0.3, 0.4) is 0 Å². The second-order valence-corrected chi connectivity index (χ2v) is 7.82. The Kier molecular flexibility index (Phi) is 6.30. The monoisotopic (exact) mass is 429 g/mol. The van der Waals surface area contributed by atoms with E-state index < -0.39 is 0 Å². The molecule has 4 nitrogen and oxygen atoms in total. The summed E-state index contributed by atoms with van der Waals surface area (Å²) in [6, 6.07) is 9.86. The van der Waals surface area contributed by atoms with Gasteiger partial charge in [0.05, 0.1) is 28.7 Å². The maximum atomic E-state index is 11.9. The summed E-state index contributed by atoms with van der Waals surface area (Å²) in [5.41, 5.74) is 4.54. The number of halogens is 1. The van der Waals surface area contributed by atoms with Gasteiger partial charge in [0.2, 0.25) is 0 Å². The van der Waals surface area contributed by atoms with Crippen molar-refractivity contribution in [2.24, 2.45) is 0 Å². The van der Waals surface area contributed by atoms with E-state index in [1.54, 1.807) is 7.11 Å². The fourth-order valence-electron chi connectivity index (χ4n) is 3.63. The van der Waals surface area contributed by atoms with E-state index in [2.05, 4.69) is 6.92 Å². The highest BCUT2D eigenvalue weighted by atomic mass is 35.5. The molecular weight excluding hydrogens is 406 g/mol. The number of aryl methyl sites for hydroxylation is 2. The van der Waals surface area contributed by atoms with Crippen molar-refractivity contribution >= 4 is 45.7 Å². The van der Waals surface area contributed by atoms with E-state index >= 15 is 0 Å². The molecule has 0 amide bonds. The van der Waals surface area contributed by atoms with Gasteiger partial charge in [0.1, 0.15) is 10.7 Å². The maximum absolute atomic E-state index is 11.9. The number of rotatable bonds is 5. The van der Waals surface area contributed by atoms with Gasteiger partial charge >= 0.3 is 5.97 Å². The Labute approximate surface area is 181 Å². The number of fused-ring (bicyclic) bond motifs is 1. The molecule has 29 heavy (non-hydrogen) atoms. The topological polar surface area (TPSA) is 40.5 Å². The van der Waals surface area contributed by atoms with Crippen LogP contribution in [-0.4, -0.2) is 22.6 Å². The van der Waals surface area contributed by atoms with Crippen molar-refractivity contribution in [1.29, 1.82) is 0 Å². The highest BCUT2D eigenvalue weighted by Crippen LogP contribution is 2.44. The van der Waals surface area contributed by atoms with Crippen molar-refractivity contribution in [2.45, 2.75) is 40.5 Å². The summed E-state index contributed by atoms with van der Waals surface area (Å²) in [4.78, 5) is 12.5. The average Bonchev–Trinajstić information content (AvgIpc) is 2.93. The highest BCUT2D eigenvalue weighted by molar-refractivity contribution is 7.80. The molecule has 0 N–H and O–H groups in total. The van der Waals surface area contributed by atoms with Gasteiger partial charge in [-0.05, 0) is 26.3 Å². The van der Waals surface area contributed by atoms with Crippen LogP contribution in [-0.2, 0) is 11.2 Å². The van der Waals surface area contributed by atoms with E-state index in [1.165, 1.54) is 6.92 Å². The van der Waals surface area contributed by atoms with Gasteiger partial charge in [-0.1, -0.05) is 67.0 Å². The molecule has 0 unspecified atom stereocenters. The van der Waals surface area contributed by atoms with Gasteiger partial charge < -0.3 is 14.0 Å². The number of hydrogen-bond donors (Lipinski definition) is 0. The first-order chi connectivity index (χ1) is 13.8. The molecule has 6 heteroatoms. The second-order valence-electron chi connectivity index (χ2n) is 7.03. The molecule has 0 spiro atoms. The molecule has 152 valence electrons.